The molecule has 0 aliphatic heterocycles. The van der Waals surface area contributed by atoms with Gasteiger partial charge in [-0.25, -0.2) is 4.39 Å². The van der Waals surface area contributed by atoms with Crippen LogP contribution in [0.4, 0.5) is 4.39 Å². The number of aryl methyl sites for hydroxylation is 2. The van der Waals surface area contributed by atoms with E-state index in [1.807, 2.05) is 25.1 Å². The summed E-state index contributed by atoms with van der Waals surface area (Å²) in [4.78, 5) is 11.7. The van der Waals surface area contributed by atoms with Crippen molar-refractivity contribution in [1.29, 1.82) is 0 Å². The number of carbonyl (C=O) groups is 1. The molecular formula is C34H37FO3. The molecule has 0 aromatic heterocycles. The maximum Gasteiger partial charge on any atom is 0.307 e. The molecule has 3 aliphatic carbocycles. The van der Waals surface area contributed by atoms with Gasteiger partial charge >= 0.3 is 5.97 Å². The smallest absolute Gasteiger partial charge is 0.307 e. The van der Waals surface area contributed by atoms with Crippen LogP contribution < -0.4 is 4.74 Å². The van der Waals surface area contributed by atoms with Crippen LogP contribution in [-0.4, -0.2) is 11.1 Å². The Balaban J connectivity index is 1.31. The van der Waals surface area contributed by atoms with Gasteiger partial charge < -0.3 is 9.84 Å². The summed E-state index contributed by atoms with van der Waals surface area (Å²) in [5, 5.41) is 9.58. The monoisotopic (exact) mass is 512 g/mol. The molecule has 0 saturated heterocycles. The number of aliphatic carboxylic acids is 1. The van der Waals surface area contributed by atoms with Gasteiger partial charge in [0.25, 0.3) is 0 Å². The van der Waals surface area contributed by atoms with Crippen LogP contribution in [0.5, 0.6) is 5.75 Å². The number of ether oxygens (including phenoxy) is 1. The van der Waals surface area contributed by atoms with Crippen LogP contribution in [0.3, 0.4) is 0 Å². The molecular weight excluding hydrogens is 475 g/mol. The third-order valence-electron chi connectivity index (χ3n) is 9.65. The summed E-state index contributed by atoms with van der Waals surface area (Å²) in [5.41, 5.74) is 7.38. The molecule has 3 atom stereocenters. The van der Waals surface area contributed by atoms with Crippen LogP contribution in [0.15, 0.2) is 54.6 Å². The van der Waals surface area contributed by atoms with Crippen LogP contribution in [0.25, 0.3) is 11.1 Å². The minimum absolute atomic E-state index is 0.145. The second-order valence-electron chi connectivity index (χ2n) is 12.6. The van der Waals surface area contributed by atoms with Crippen molar-refractivity contribution < 1.29 is 19.0 Å². The standard InChI is InChI=1S/C34H37FO3/c1-21-7-12-31(35)27(16-21)25-11-8-22(17-26(25)28-6-4-5-14-33(28,2)3)20-38-24-10-9-23-13-15-34(29(23)18-24)19-30(34)32(36)37/h7-12,16-18,28,30H,4-6,13-15,19-20H2,1-3H3,(H,36,37)/t28-,30+,34+/m1/s1. The number of benzene rings is 3. The van der Waals surface area contributed by atoms with Crippen LogP contribution in [0.2, 0.25) is 0 Å². The number of hydrogen-bond donors (Lipinski definition) is 1. The zero-order chi connectivity index (χ0) is 26.7. The summed E-state index contributed by atoms with van der Waals surface area (Å²) in [6, 6.07) is 17.9. The highest BCUT2D eigenvalue weighted by molar-refractivity contribution is 5.78. The normalized spacial score (nSPS) is 25.3. The van der Waals surface area contributed by atoms with E-state index in [4.69, 9.17) is 4.74 Å². The molecule has 0 unspecified atom stereocenters. The Bertz CT molecular complexity index is 1410. The molecule has 6 rings (SSSR count). The number of halogens is 1. The molecule has 3 aliphatic rings. The SMILES string of the molecule is Cc1ccc(F)c(-c2ccc(COc3ccc4c(c3)[C@]3(CC4)C[C@H]3C(=O)O)cc2[C@H]2CCCCC2(C)C)c1. The fourth-order valence-electron chi connectivity index (χ4n) is 7.34. The second kappa shape index (κ2) is 9.25. The number of rotatable bonds is 6. The van der Waals surface area contributed by atoms with Gasteiger partial charge in [-0.2, -0.15) is 0 Å². The maximum atomic E-state index is 15.1. The first kappa shape index (κ1) is 25.2. The molecule has 2 saturated carbocycles. The first-order chi connectivity index (χ1) is 18.2. The van der Waals surface area contributed by atoms with Gasteiger partial charge in [0.05, 0.1) is 5.92 Å². The number of fused-ring (bicyclic) bond motifs is 2. The average molecular weight is 513 g/mol. The Labute approximate surface area is 225 Å². The fraction of sp³-hybridized carbons (Fsp3) is 0.441. The van der Waals surface area contributed by atoms with Gasteiger partial charge in [0.1, 0.15) is 18.2 Å². The first-order valence-corrected chi connectivity index (χ1v) is 14.1. The van der Waals surface area contributed by atoms with E-state index in [2.05, 4.69) is 44.2 Å². The van der Waals surface area contributed by atoms with Crippen molar-refractivity contribution in [3.05, 3.63) is 88.2 Å². The highest BCUT2D eigenvalue weighted by atomic mass is 19.1. The second-order valence-corrected chi connectivity index (χ2v) is 12.6. The summed E-state index contributed by atoms with van der Waals surface area (Å²) in [5.74, 6) is 0.00641. The van der Waals surface area contributed by atoms with Gasteiger partial charge in [-0.3, -0.25) is 4.79 Å². The maximum absolute atomic E-state index is 15.1. The van der Waals surface area contributed by atoms with Gasteiger partial charge in [-0.15, -0.1) is 0 Å². The number of hydrogen-bond acceptors (Lipinski definition) is 2. The molecule has 2 fully saturated rings. The summed E-state index contributed by atoms with van der Waals surface area (Å²) in [6.07, 6.45) is 7.30. The zero-order valence-corrected chi connectivity index (χ0v) is 22.6. The Morgan fingerprint density at radius 2 is 1.87 bits per heavy atom. The van der Waals surface area contributed by atoms with Crippen molar-refractivity contribution in [2.75, 3.05) is 0 Å². The molecule has 1 spiro atoms. The minimum Gasteiger partial charge on any atom is -0.489 e. The van der Waals surface area contributed by atoms with E-state index < -0.39 is 5.97 Å². The van der Waals surface area contributed by atoms with E-state index >= 15 is 4.39 Å². The van der Waals surface area contributed by atoms with Crippen LogP contribution >= 0.6 is 0 Å². The predicted molar refractivity (Wildman–Crippen MR) is 148 cm³/mol. The lowest BCUT2D eigenvalue weighted by Crippen LogP contribution is -2.26. The fourth-order valence-corrected chi connectivity index (χ4v) is 7.34. The van der Waals surface area contributed by atoms with Gasteiger partial charge in [-0.1, -0.05) is 62.6 Å². The van der Waals surface area contributed by atoms with Crippen LogP contribution in [0, 0.1) is 24.1 Å². The molecule has 3 aromatic rings. The quantitative estimate of drug-likeness (QED) is 0.361. The number of carboxylic acid groups (broad SMARTS) is 1. The summed E-state index contributed by atoms with van der Waals surface area (Å²) in [7, 11) is 0. The van der Waals surface area contributed by atoms with Crippen molar-refractivity contribution in [2.24, 2.45) is 11.3 Å². The summed E-state index contributed by atoms with van der Waals surface area (Å²) >= 11 is 0. The molecule has 3 nitrogen and oxygen atoms in total. The molecule has 0 heterocycles. The van der Waals surface area contributed by atoms with E-state index in [1.165, 1.54) is 30.4 Å². The van der Waals surface area contributed by atoms with Gasteiger partial charge in [0, 0.05) is 11.0 Å². The lowest BCUT2D eigenvalue weighted by Gasteiger charge is -2.40. The molecule has 38 heavy (non-hydrogen) atoms. The average Bonchev–Trinajstić information content (AvgIpc) is 3.53. The van der Waals surface area contributed by atoms with Gasteiger partial charge in [0.2, 0.25) is 0 Å². The predicted octanol–water partition coefficient (Wildman–Crippen LogP) is 8.35. The lowest BCUT2D eigenvalue weighted by molar-refractivity contribution is -0.139. The van der Waals surface area contributed by atoms with Crippen LogP contribution in [0.1, 0.15) is 86.1 Å². The molecule has 4 heteroatoms. The zero-order valence-electron chi connectivity index (χ0n) is 22.6. The van der Waals surface area contributed by atoms with E-state index in [-0.39, 0.29) is 22.6 Å². The van der Waals surface area contributed by atoms with Crippen molar-refractivity contribution in [1.82, 2.24) is 0 Å². The molecule has 3 aromatic carbocycles. The van der Waals surface area contributed by atoms with Crippen molar-refractivity contribution in [3.63, 3.8) is 0 Å². The Hall–Kier alpha value is -3.14. The topological polar surface area (TPSA) is 46.5 Å². The summed E-state index contributed by atoms with van der Waals surface area (Å²) in [6.45, 7) is 7.12. The third-order valence-corrected chi connectivity index (χ3v) is 9.65. The van der Waals surface area contributed by atoms with E-state index in [1.54, 1.807) is 6.07 Å². The van der Waals surface area contributed by atoms with Crippen molar-refractivity contribution in [2.45, 2.75) is 83.7 Å². The van der Waals surface area contributed by atoms with Crippen molar-refractivity contribution >= 4 is 5.97 Å². The highest BCUT2D eigenvalue weighted by Gasteiger charge is 2.61. The molecule has 0 bridgehead atoms. The van der Waals surface area contributed by atoms with E-state index in [0.717, 1.165) is 53.7 Å². The molecule has 0 amide bonds. The lowest BCUT2D eigenvalue weighted by atomic mass is 9.65. The Morgan fingerprint density at radius 1 is 1.03 bits per heavy atom. The van der Waals surface area contributed by atoms with Crippen LogP contribution in [-0.2, 0) is 23.2 Å². The summed E-state index contributed by atoms with van der Waals surface area (Å²) < 4.78 is 21.4. The minimum atomic E-state index is -0.688. The Morgan fingerprint density at radius 3 is 2.63 bits per heavy atom. The highest BCUT2D eigenvalue weighted by Crippen LogP contribution is 2.62. The van der Waals surface area contributed by atoms with Gasteiger partial charge in [0.15, 0.2) is 0 Å². The largest absolute Gasteiger partial charge is 0.489 e. The third kappa shape index (κ3) is 4.32. The van der Waals surface area contributed by atoms with Crippen molar-refractivity contribution in [3.8, 4) is 16.9 Å². The Kier molecular flexibility index (Phi) is 6.13. The molecule has 198 valence electrons. The van der Waals surface area contributed by atoms with Gasteiger partial charge in [-0.05, 0) is 102 Å². The van der Waals surface area contributed by atoms with E-state index in [0.29, 0.717) is 18.1 Å². The number of carboxylic acids is 1. The molecule has 0 radical (unpaired) electrons. The molecule has 1 N–H and O–H groups in total. The van der Waals surface area contributed by atoms with E-state index in [9.17, 15) is 9.90 Å². The first-order valence-electron chi connectivity index (χ1n) is 14.1.